The molecule has 1 N–H and O–H groups in total. The van der Waals surface area contributed by atoms with E-state index in [4.69, 9.17) is 0 Å². The van der Waals surface area contributed by atoms with Crippen molar-refractivity contribution in [3.8, 4) is 0 Å². The third-order valence-electron chi connectivity index (χ3n) is 2.94. The van der Waals surface area contributed by atoms with Crippen molar-refractivity contribution in [2.45, 2.75) is 39.8 Å². The number of carbonyl (C=O) groups is 1. The smallest absolute Gasteiger partial charge is 0.328 e. The van der Waals surface area contributed by atoms with Crippen molar-refractivity contribution < 1.29 is 4.79 Å². The fraction of sp³-hybridized carbons (Fsp3) is 0.583. The second-order valence-electron chi connectivity index (χ2n) is 4.49. The highest BCUT2D eigenvalue weighted by atomic mass is 16.2. The number of aromatic nitrogens is 2. The van der Waals surface area contributed by atoms with Crippen molar-refractivity contribution in [3.05, 3.63) is 32.6 Å². The van der Waals surface area contributed by atoms with Gasteiger partial charge < -0.3 is 4.90 Å². The van der Waals surface area contributed by atoms with Crippen LogP contribution in [0, 0.1) is 0 Å². The topological polar surface area (TPSA) is 75.2 Å². The Morgan fingerprint density at radius 2 is 2.06 bits per heavy atom. The van der Waals surface area contributed by atoms with E-state index in [0.29, 0.717) is 12.0 Å². The van der Waals surface area contributed by atoms with Crippen LogP contribution in [0.4, 0.5) is 0 Å². The standard InChI is InChI=1S/C12H19N3O3/c1-5-9-6-15(12(18)13-11(9)17)7-10(16)14(4)8(2)3/h6,8H,5,7H2,1-4H3,(H,13,17,18). The Labute approximate surface area is 105 Å². The summed E-state index contributed by atoms with van der Waals surface area (Å²) >= 11 is 0. The minimum atomic E-state index is -0.553. The summed E-state index contributed by atoms with van der Waals surface area (Å²) in [5.74, 6) is -0.166. The molecule has 0 aliphatic rings. The third-order valence-corrected chi connectivity index (χ3v) is 2.94. The molecule has 0 bridgehead atoms. The molecule has 0 atom stereocenters. The van der Waals surface area contributed by atoms with Gasteiger partial charge >= 0.3 is 5.69 Å². The van der Waals surface area contributed by atoms with Crippen molar-refractivity contribution in [1.29, 1.82) is 0 Å². The number of rotatable bonds is 4. The van der Waals surface area contributed by atoms with E-state index < -0.39 is 5.69 Å². The first-order chi connectivity index (χ1) is 8.36. The van der Waals surface area contributed by atoms with Gasteiger partial charge in [0.2, 0.25) is 5.91 Å². The number of hydrogen-bond acceptors (Lipinski definition) is 3. The Morgan fingerprint density at radius 3 is 2.56 bits per heavy atom. The highest BCUT2D eigenvalue weighted by Gasteiger charge is 2.13. The van der Waals surface area contributed by atoms with Crippen LogP contribution in [-0.4, -0.2) is 33.4 Å². The maximum Gasteiger partial charge on any atom is 0.328 e. The Hall–Kier alpha value is -1.85. The van der Waals surface area contributed by atoms with Crippen molar-refractivity contribution in [2.24, 2.45) is 0 Å². The van der Waals surface area contributed by atoms with Gasteiger partial charge in [0.05, 0.1) is 0 Å². The van der Waals surface area contributed by atoms with Crippen molar-refractivity contribution in [1.82, 2.24) is 14.5 Å². The molecule has 0 spiro atoms. The lowest BCUT2D eigenvalue weighted by molar-refractivity contribution is -0.132. The summed E-state index contributed by atoms with van der Waals surface area (Å²) < 4.78 is 1.24. The van der Waals surface area contributed by atoms with Crippen LogP contribution < -0.4 is 11.2 Å². The molecule has 6 nitrogen and oxygen atoms in total. The molecule has 1 aromatic rings. The van der Waals surface area contributed by atoms with Gasteiger partial charge in [-0.2, -0.15) is 0 Å². The normalized spacial score (nSPS) is 10.7. The van der Waals surface area contributed by atoms with Crippen LogP contribution in [0.3, 0.4) is 0 Å². The quantitative estimate of drug-likeness (QED) is 0.818. The molecule has 1 rings (SSSR count). The van der Waals surface area contributed by atoms with Crippen LogP contribution in [-0.2, 0) is 17.8 Å². The molecule has 18 heavy (non-hydrogen) atoms. The van der Waals surface area contributed by atoms with Crippen molar-refractivity contribution in [2.75, 3.05) is 7.05 Å². The maximum absolute atomic E-state index is 11.9. The Morgan fingerprint density at radius 1 is 1.44 bits per heavy atom. The molecule has 0 aromatic carbocycles. The second kappa shape index (κ2) is 5.66. The van der Waals surface area contributed by atoms with E-state index in [1.54, 1.807) is 11.9 Å². The minimum Gasteiger partial charge on any atom is -0.342 e. The predicted molar refractivity (Wildman–Crippen MR) is 68.6 cm³/mol. The van der Waals surface area contributed by atoms with Crippen molar-refractivity contribution in [3.63, 3.8) is 0 Å². The van der Waals surface area contributed by atoms with Crippen LogP contribution in [0.5, 0.6) is 0 Å². The second-order valence-corrected chi connectivity index (χ2v) is 4.49. The van der Waals surface area contributed by atoms with Gasteiger partial charge in [-0.05, 0) is 20.3 Å². The number of aryl methyl sites for hydroxylation is 1. The lowest BCUT2D eigenvalue weighted by atomic mass is 10.2. The van der Waals surface area contributed by atoms with E-state index in [-0.39, 0.29) is 24.1 Å². The number of aromatic amines is 1. The van der Waals surface area contributed by atoms with Crippen LogP contribution >= 0.6 is 0 Å². The molecule has 0 aliphatic heterocycles. The average molecular weight is 253 g/mol. The maximum atomic E-state index is 11.9. The first-order valence-corrected chi connectivity index (χ1v) is 5.95. The number of likely N-dealkylation sites (N-methyl/N-ethyl adjacent to an activating group) is 1. The summed E-state index contributed by atoms with van der Waals surface area (Å²) in [7, 11) is 1.68. The number of H-pyrrole nitrogens is 1. The van der Waals surface area contributed by atoms with Crippen LogP contribution in [0.15, 0.2) is 15.8 Å². The zero-order valence-electron chi connectivity index (χ0n) is 11.2. The van der Waals surface area contributed by atoms with Gasteiger partial charge in [-0.25, -0.2) is 4.79 Å². The van der Waals surface area contributed by atoms with Gasteiger partial charge in [-0.1, -0.05) is 6.92 Å². The molecule has 100 valence electrons. The number of amides is 1. The van der Waals surface area contributed by atoms with Gasteiger partial charge in [0, 0.05) is 24.8 Å². The molecule has 6 heteroatoms. The highest BCUT2D eigenvalue weighted by molar-refractivity contribution is 5.75. The van der Waals surface area contributed by atoms with Crippen LogP contribution in [0.2, 0.25) is 0 Å². The van der Waals surface area contributed by atoms with Crippen LogP contribution in [0.1, 0.15) is 26.3 Å². The fourth-order valence-electron chi connectivity index (χ4n) is 1.47. The Bertz CT molecular complexity index is 542. The molecule has 0 fully saturated rings. The largest absolute Gasteiger partial charge is 0.342 e. The monoisotopic (exact) mass is 253 g/mol. The molecule has 0 unspecified atom stereocenters. The number of hydrogen-bond donors (Lipinski definition) is 1. The number of nitrogens with one attached hydrogen (secondary N) is 1. The predicted octanol–water partition coefficient (Wildman–Crippen LogP) is -0.0342. The summed E-state index contributed by atoms with van der Waals surface area (Å²) in [6, 6.07) is 0.0709. The molecule has 1 heterocycles. The number of carbonyl (C=O) groups excluding carboxylic acids is 1. The van der Waals surface area contributed by atoms with Crippen molar-refractivity contribution >= 4 is 5.91 Å². The zero-order chi connectivity index (χ0) is 13.9. The Balaban J connectivity index is 3.02. The summed E-state index contributed by atoms with van der Waals surface area (Å²) in [5.41, 5.74) is -0.444. The molecule has 1 amide bonds. The lowest BCUT2D eigenvalue weighted by Gasteiger charge is -2.21. The molecule has 0 radical (unpaired) electrons. The van der Waals surface area contributed by atoms with E-state index in [1.807, 2.05) is 20.8 Å². The molecule has 1 aromatic heterocycles. The minimum absolute atomic E-state index is 0.0582. The molecule has 0 saturated heterocycles. The third kappa shape index (κ3) is 3.09. The van der Waals surface area contributed by atoms with Gasteiger partial charge in [0.15, 0.2) is 0 Å². The Kier molecular flexibility index (Phi) is 4.47. The average Bonchev–Trinajstić information content (AvgIpc) is 2.31. The fourth-order valence-corrected chi connectivity index (χ4v) is 1.47. The summed E-state index contributed by atoms with van der Waals surface area (Å²) in [4.78, 5) is 38.6. The van der Waals surface area contributed by atoms with E-state index in [2.05, 4.69) is 4.98 Å². The molecule has 0 saturated carbocycles. The van der Waals surface area contributed by atoms with Crippen LogP contribution in [0.25, 0.3) is 0 Å². The van der Waals surface area contributed by atoms with E-state index in [9.17, 15) is 14.4 Å². The van der Waals surface area contributed by atoms with E-state index >= 15 is 0 Å². The van der Waals surface area contributed by atoms with E-state index in [0.717, 1.165) is 0 Å². The summed E-state index contributed by atoms with van der Waals surface area (Å²) in [6.45, 7) is 5.55. The SMILES string of the molecule is CCc1cn(CC(=O)N(C)C(C)C)c(=O)[nH]c1=O. The highest BCUT2D eigenvalue weighted by Crippen LogP contribution is 1.97. The first kappa shape index (κ1) is 14.2. The van der Waals surface area contributed by atoms with Gasteiger partial charge in [-0.3, -0.25) is 19.1 Å². The molecule has 0 aliphatic carbocycles. The van der Waals surface area contributed by atoms with Gasteiger partial charge in [-0.15, -0.1) is 0 Å². The molecular weight excluding hydrogens is 234 g/mol. The first-order valence-electron chi connectivity index (χ1n) is 5.95. The van der Waals surface area contributed by atoms with Gasteiger partial charge in [0.25, 0.3) is 5.56 Å². The van der Waals surface area contributed by atoms with Gasteiger partial charge in [0.1, 0.15) is 6.54 Å². The number of nitrogens with zero attached hydrogens (tertiary/aromatic N) is 2. The summed E-state index contributed by atoms with van der Waals surface area (Å²) in [5, 5.41) is 0. The zero-order valence-corrected chi connectivity index (χ0v) is 11.2. The summed E-state index contributed by atoms with van der Waals surface area (Å²) in [6.07, 6.45) is 1.97. The lowest BCUT2D eigenvalue weighted by Crippen LogP contribution is -2.40. The molecular formula is C12H19N3O3. The van der Waals surface area contributed by atoms with E-state index in [1.165, 1.54) is 10.8 Å².